The Labute approximate surface area is 224 Å². The fraction of sp³-hybridized carbons (Fsp3) is 0.903. The van der Waals surface area contributed by atoms with Crippen LogP contribution in [0, 0.1) is 5.92 Å². The number of rotatable bonds is 6. The SMILES string of the molecule is O=C(OC1CCCCCCCC1)C(C(=O)OC1CCCCCCCC1)C(=O)OC1CCCCCCCC1. The van der Waals surface area contributed by atoms with E-state index < -0.39 is 23.8 Å². The van der Waals surface area contributed by atoms with Crippen LogP contribution in [0.5, 0.6) is 0 Å². The van der Waals surface area contributed by atoms with Crippen LogP contribution in [0.2, 0.25) is 0 Å². The molecular formula is C31H52O6. The van der Waals surface area contributed by atoms with Crippen LogP contribution in [0.15, 0.2) is 0 Å². The largest absolute Gasteiger partial charge is 0.461 e. The second-order valence-electron chi connectivity index (χ2n) is 11.7. The highest BCUT2D eigenvalue weighted by molar-refractivity contribution is 6.12. The third-order valence-corrected chi connectivity index (χ3v) is 8.46. The van der Waals surface area contributed by atoms with Gasteiger partial charge in [0, 0.05) is 0 Å². The third-order valence-electron chi connectivity index (χ3n) is 8.46. The second kappa shape index (κ2) is 17.8. The summed E-state index contributed by atoms with van der Waals surface area (Å²) in [5, 5.41) is 0. The molecule has 3 fully saturated rings. The fourth-order valence-electron chi connectivity index (χ4n) is 6.13. The number of hydrogen-bond acceptors (Lipinski definition) is 6. The Hall–Kier alpha value is -1.59. The fourth-order valence-corrected chi connectivity index (χ4v) is 6.13. The molecule has 3 rings (SSSR count). The Morgan fingerprint density at radius 2 is 0.541 bits per heavy atom. The van der Waals surface area contributed by atoms with Crippen molar-refractivity contribution in [3.63, 3.8) is 0 Å². The van der Waals surface area contributed by atoms with Crippen molar-refractivity contribution in [1.29, 1.82) is 0 Å². The molecule has 0 atom stereocenters. The molecule has 0 N–H and O–H groups in total. The maximum Gasteiger partial charge on any atom is 0.332 e. The Bertz CT molecular complexity index is 556. The average molecular weight is 521 g/mol. The van der Waals surface area contributed by atoms with Crippen LogP contribution in [0.3, 0.4) is 0 Å². The highest BCUT2D eigenvalue weighted by Crippen LogP contribution is 2.25. The van der Waals surface area contributed by atoms with Gasteiger partial charge in [-0.15, -0.1) is 0 Å². The highest BCUT2D eigenvalue weighted by Gasteiger charge is 2.41. The van der Waals surface area contributed by atoms with Crippen molar-refractivity contribution < 1.29 is 28.6 Å². The smallest absolute Gasteiger partial charge is 0.332 e. The minimum atomic E-state index is -1.63. The molecule has 6 heteroatoms. The van der Waals surface area contributed by atoms with Gasteiger partial charge in [0.25, 0.3) is 5.92 Å². The number of carbonyl (C=O) groups excluding carboxylic acids is 3. The summed E-state index contributed by atoms with van der Waals surface area (Å²) in [6.07, 6.45) is 24.0. The van der Waals surface area contributed by atoms with Crippen LogP contribution >= 0.6 is 0 Å². The van der Waals surface area contributed by atoms with E-state index in [2.05, 4.69) is 0 Å². The zero-order chi connectivity index (χ0) is 26.1. The van der Waals surface area contributed by atoms with Gasteiger partial charge in [-0.2, -0.15) is 0 Å². The Balaban J connectivity index is 1.67. The molecule has 0 heterocycles. The molecule has 0 amide bonds. The molecule has 0 radical (unpaired) electrons. The molecule has 0 saturated heterocycles. The molecule has 0 aromatic heterocycles. The first-order valence-corrected chi connectivity index (χ1v) is 15.7. The number of hydrogen-bond donors (Lipinski definition) is 0. The molecule has 3 saturated carbocycles. The maximum atomic E-state index is 13.4. The summed E-state index contributed by atoms with van der Waals surface area (Å²) in [5.41, 5.74) is 0. The van der Waals surface area contributed by atoms with Crippen molar-refractivity contribution in [2.45, 2.75) is 172 Å². The predicted octanol–water partition coefficient (Wildman–Crippen LogP) is 7.74. The summed E-state index contributed by atoms with van der Waals surface area (Å²) >= 11 is 0. The first-order chi connectivity index (χ1) is 18.1. The van der Waals surface area contributed by atoms with Crippen LogP contribution in [0.25, 0.3) is 0 Å². The number of carbonyl (C=O) groups is 3. The van der Waals surface area contributed by atoms with Gasteiger partial charge in [-0.25, -0.2) is 0 Å². The quantitative estimate of drug-likeness (QED) is 0.202. The first kappa shape index (κ1) is 30.0. The summed E-state index contributed by atoms with van der Waals surface area (Å²) in [6, 6.07) is 0. The van der Waals surface area contributed by atoms with Gasteiger partial charge in [0.15, 0.2) is 0 Å². The molecule has 0 aromatic carbocycles. The Morgan fingerprint density at radius 1 is 0.351 bits per heavy atom. The molecule has 0 unspecified atom stereocenters. The third kappa shape index (κ3) is 11.8. The van der Waals surface area contributed by atoms with E-state index in [1.165, 1.54) is 38.5 Å². The minimum Gasteiger partial charge on any atom is -0.461 e. The van der Waals surface area contributed by atoms with Gasteiger partial charge in [-0.1, -0.05) is 77.0 Å². The van der Waals surface area contributed by atoms with Crippen LogP contribution in [-0.2, 0) is 28.6 Å². The van der Waals surface area contributed by atoms with E-state index in [0.29, 0.717) is 0 Å². The van der Waals surface area contributed by atoms with Crippen molar-refractivity contribution >= 4 is 17.9 Å². The van der Waals surface area contributed by atoms with E-state index >= 15 is 0 Å². The van der Waals surface area contributed by atoms with E-state index in [9.17, 15) is 14.4 Å². The molecule has 3 aliphatic carbocycles. The van der Waals surface area contributed by atoms with Crippen LogP contribution in [0.4, 0.5) is 0 Å². The summed E-state index contributed by atoms with van der Waals surface area (Å²) < 4.78 is 17.6. The van der Waals surface area contributed by atoms with Crippen molar-refractivity contribution in [2.75, 3.05) is 0 Å². The highest BCUT2D eigenvalue weighted by atomic mass is 16.6. The van der Waals surface area contributed by atoms with Crippen molar-refractivity contribution in [1.82, 2.24) is 0 Å². The minimum absolute atomic E-state index is 0.247. The predicted molar refractivity (Wildman–Crippen MR) is 144 cm³/mol. The van der Waals surface area contributed by atoms with Crippen LogP contribution < -0.4 is 0 Å². The van der Waals surface area contributed by atoms with Crippen molar-refractivity contribution in [3.05, 3.63) is 0 Å². The topological polar surface area (TPSA) is 78.9 Å². The monoisotopic (exact) mass is 520 g/mol. The van der Waals surface area contributed by atoms with Gasteiger partial charge in [0.05, 0.1) is 0 Å². The Kier molecular flexibility index (Phi) is 14.4. The number of esters is 3. The molecule has 0 bridgehead atoms. The van der Waals surface area contributed by atoms with Crippen LogP contribution in [0.1, 0.15) is 154 Å². The van der Waals surface area contributed by atoms with Gasteiger partial charge in [-0.3, -0.25) is 14.4 Å². The standard InChI is InChI=1S/C31H52O6/c32-29(35-25-19-13-7-1-2-8-14-20-25)28(30(33)36-26-21-15-9-3-4-10-16-22-26)31(34)37-27-23-17-11-5-6-12-18-24-27/h25-28H,1-24H2. The summed E-state index contributed by atoms with van der Waals surface area (Å²) in [6.45, 7) is 0. The average Bonchev–Trinajstić information content (AvgIpc) is 3.15. The van der Waals surface area contributed by atoms with Gasteiger partial charge < -0.3 is 14.2 Å². The molecule has 6 nitrogen and oxygen atoms in total. The van der Waals surface area contributed by atoms with E-state index in [1.807, 2.05) is 0 Å². The van der Waals surface area contributed by atoms with Gasteiger partial charge in [0.1, 0.15) is 18.3 Å². The number of ether oxygens (including phenoxy) is 3. The zero-order valence-electron chi connectivity index (χ0n) is 23.2. The first-order valence-electron chi connectivity index (χ1n) is 15.7. The molecule has 0 aliphatic heterocycles. The molecule has 3 aliphatic rings. The molecular weight excluding hydrogens is 468 g/mol. The van der Waals surface area contributed by atoms with E-state index in [4.69, 9.17) is 14.2 Å². The lowest BCUT2D eigenvalue weighted by molar-refractivity contribution is -0.179. The molecule has 0 spiro atoms. The van der Waals surface area contributed by atoms with Crippen molar-refractivity contribution in [3.8, 4) is 0 Å². The zero-order valence-corrected chi connectivity index (χ0v) is 23.2. The maximum absolute atomic E-state index is 13.4. The lowest BCUT2D eigenvalue weighted by Crippen LogP contribution is -2.40. The lowest BCUT2D eigenvalue weighted by atomic mass is 10.0. The Morgan fingerprint density at radius 3 is 0.757 bits per heavy atom. The van der Waals surface area contributed by atoms with E-state index in [0.717, 1.165) is 116 Å². The van der Waals surface area contributed by atoms with E-state index in [-0.39, 0.29) is 18.3 Å². The second-order valence-corrected chi connectivity index (χ2v) is 11.7. The van der Waals surface area contributed by atoms with Gasteiger partial charge >= 0.3 is 17.9 Å². The van der Waals surface area contributed by atoms with E-state index in [1.54, 1.807) is 0 Å². The summed E-state index contributed by atoms with van der Waals surface area (Å²) in [4.78, 5) is 40.2. The van der Waals surface area contributed by atoms with Crippen molar-refractivity contribution in [2.24, 2.45) is 5.92 Å². The molecule has 37 heavy (non-hydrogen) atoms. The van der Waals surface area contributed by atoms with Crippen LogP contribution in [-0.4, -0.2) is 36.2 Å². The lowest BCUT2D eigenvalue weighted by Gasteiger charge is -2.24. The normalized spacial score (nSPS) is 22.9. The summed E-state index contributed by atoms with van der Waals surface area (Å²) in [7, 11) is 0. The molecule has 0 aromatic rings. The van der Waals surface area contributed by atoms with Gasteiger partial charge in [0.2, 0.25) is 0 Å². The summed E-state index contributed by atoms with van der Waals surface area (Å²) in [5.74, 6) is -3.95. The van der Waals surface area contributed by atoms with Gasteiger partial charge in [-0.05, 0) is 77.0 Å². The molecule has 212 valence electrons.